The molecule has 0 aliphatic rings. The second kappa shape index (κ2) is 14.8. The second-order valence-corrected chi connectivity index (χ2v) is 23.2. The van der Waals surface area contributed by atoms with E-state index in [0.29, 0.717) is 22.3 Å². The minimum atomic E-state index is -0.664. The van der Waals surface area contributed by atoms with E-state index in [4.69, 9.17) is 9.97 Å². The van der Waals surface area contributed by atoms with Gasteiger partial charge < -0.3 is 9.13 Å². The van der Waals surface area contributed by atoms with E-state index < -0.39 is 11.6 Å². The highest BCUT2D eigenvalue weighted by molar-refractivity contribution is 6.24. The summed E-state index contributed by atoms with van der Waals surface area (Å²) in [6.07, 6.45) is 1.65. The van der Waals surface area contributed by atoms with Crippen molar-refractivity contribution in [3.05, 3.63) is 167 Å². The van der Waals surface area contributed by atoms with Gasteiger partial charge in [0.05, 0.1) is 45.0 Å². The molecule has 0 fully saturated rings. The van der Waals surface area contributed by atoms with Gasteiger partial charge in [-0.3, -0.25) is 4.98 Å². The van der Waals surface area contributed by atoms with Gasteiger partial charge in [0.1, 0.15) is 11.6 Å². The molecule has 0 spiro atoms. The van der Waals surface area contributed by atoms with Crippen LogP contribution in [0.25, 0.3) is 98.8 Å². The number of benzene rings is 8. The van der Waals surface area contributed by atoms with Gasteiger partial charge in [-0.15, -0.1) is 0 Å². The molecule has 6 heteroatoms. The molecule has 0 saturated heterocycles. The zero-order valence-corrected chi connectivity index (χ0v) is 41.2. The fraction of sp³-hybridized carbons (Fsp3) is 0.258. The quantitative estimate of drug-likeness (QED) is 0.166. The van der Waals surface area contributed by atoms with Crippen LogP contribution in [0.1, 0.15) is 105 Å². The standard InChI is InChI=1S/C62H58F2N4/c1-59(2,3)36-13-21-53-46(27-36)47-28-37(60(4,5)6)14-22-54(47)67(53)42-17-19-44-45-20-18-43(33-51(45)58-57(50(44)32-42)65-34-52(66-58)35-25-40(63)31-41(64)26-35)68-55-23-15-38(61(7,8)9)29-48(55)49-30-39(62(10,11)12)16-24-56(49)68/h13-34H,1-12H3. The Morgan fingerprint density at radius 1 is 0.353 bits per heavy atom. The molecule has 0 saturated carbocycles. The van der Waals surface area contributed by atoms with E-state index in [9.17, 15) is 8.78 Å². The maximum atomic E-state index is 14.8. The van der Waals surface area contributed by atoms with Gasteiger partial charge in [0.2, 0.25) is 0 Å². The van der Waals surface area contributed by atoms with Crippen molar-refractivity contribution in [2.75, 3.05) is 0 Å². The van der Waals surface area contributed by atoms with E-state index in [1.165, 1.54) is 55.9 Å². The van der Waals surface area contributed by atoms with E-state index in [0.717, 1.165) is 61.1 Å². The Kier molecular flexibility index (Phi) is 9.49. The third-order valence-corrected chi connectivity index (χ3v) is 14.2. The number of hydrogen-bond donors (Lipinski definition) is 0. The Morgan fingerprint density at radius 3 is 1.06 bits per heavy atom. The molecule has 8 aromatic carbocycles. The SMILES string of the molecule is CC(C)(C)c1ccc2c(c1)c1cc(C(C)(C)C)ccc1n2-c1ccc2c3ccc(-n4c5ccc(C(C)(C)C)cc5c5cc(C(C)(C)C)ccc54)cc3c3nc(-c4cc(F)cc(F)c4)cnc3c2c1. The van der Waals surface area contributed by atoms with Crippen LogP contribution in [-0.2, 0) is 21.7 Å². The Morgan fingerprint density at radius 2 is 0.706 bits per heavy atom. The summed E-state index contributed by atoms with van der Waals surface area (Å²) in [6.45, 7) is 27.2. The summed E-state index contributed by atoms with van der Waals surface area (Å²) in [5.74, 6) is -1.33. The molecule has 0 aliphatic carbocycles. The molecule has 0 N–H and O–H groups in total. The first kappa shape index (κ1) is 43.6. The second-order valence-electron chi connectivity index (χ2n) is 23.2. The molecule has 0 unspecified atom stereocenters. The van der Waals surface area contributed by atoms with Crippen molar-refractivity contribution in [3.8, 4) is 22.6 Å². The van der Waals surface area contributed by atoms with Crippen LogP contribution in [0.5, 0.6) is 0 Å². The van der Waals surface area contributed by atoms with Gasteiger partial charge in [0.15, 0.2) is 0 Å². The monoisotopic (exact) mass is 896 g/mol. The summed E-state index contributed by atoms with van der Waals surface area (Å²) >= 11 is 0. The number of fused-ring (bicyclic) bond motifs is 12. The van der Waals surface area contributed by atoms with Crippen molar-refractivity contribution in [1.29, 1.82) is 0 Å². The first-order valence-electron chi connectivity index (χ1n) is 23.8. The zero-order valence-electron chi connectivity index (χ0n) is 41.2. The zero-order chi connectivity index (χ0) is 48.0. The summed E-state index contributed by atoms with van der Waals surface area (Å²) in [7, 11) is 0. The lowest BCUT2D eigenvalue weighted by Gasteiger charge is -2.19. The highest BCUT2D eigenvalue weighted by Crippen LogP contribution is 2.43. The summed E-state index contributed by atoms with van der Waals surface area (Å²) in [5, 5.41) is 8.75. The van der Waals surface area contributed by atoms with Gasteiger partial charge in [-0.25, -0.2) is 13.8 Å². The van der Waals surface area contributed by atoms with Gasteiger partial charge in [0.25, 0.3) is 0 Å². The van der Waals surface area contributed by atoms with Crippen LogP contribution in [0.2, 0.25) is 0 Å². The summed E-state index contributed by atoms with van der Waals surface area (Å²) in [5.41, 5.74) is 13.6. The Labute approximate surface area is 397 Å². The predicted molar refractivity (Wildman–Crippen MR) is 283 cm³/mol. The van der Waals surface area contributed by atoms with Gasteiger partial charge in [-0.2, -0.15) is 0 Å². The molecule has 0 aliphatic heterocycles. The van der Waals surface area contributed by atoms with Crippen molar-refractivity contribution in [3.63, 3.8) is 0 Å². The molecule has 11 rings (SSSR count). The van der Waals surface area contributed by atoms with Crippen LogP contribution in [0, 0.1) is 11.6 Å². The first-order chi connectivity index (χ1) is 32.0. The number of rotatable bonds is 3. The fourth-order valence-corrected chi connectivity index (χ4v) is 10.3. The summed E-state index contributed by atoms with van der Waals surface area (Å²) in [6, 6.07) is 44.4. The molecule has 11 aromatic rings. The van der Waals surface area contributed by atoms with E-state index >= 15 is 0 Å². The minimum absolute atomic E-state index is 0.0189. The van der Waals surface area contributed by atoms with Gasteiger partial charge in [0, 0.05) is 55.3 Å². The summed E-state index contributed by atoms with van der Waals surface area (Å²) < 4.78 is 34.3. The molecular formula is C62H58F2N4. The Hall–Kier alpha value is -6.92. The van der Waals surface area contributed by atoms with Crippen LogP contribution >= 0.6 is 0 Å². The molecule has 340 valence electrons. The first-order valence-corrected chi connectivity index (χ1v) is 23.8. The predicted octanol–water partition coefficient (Wildman–Crippen LogP) is 17.3. The van der Waals surface area contributed by atoms with Gasteiger partial charge in [-0.05, 0) is 140 Å². The number of halogens is 2. The van der Waals surface area contributed by atoms with Crippen LogP contribution < -0.4 is 0 Å². The van der Waals surface area contributed by atoms with Crippen LogP contribution in [-0.4, -0.2) is 19.1 Å². The smallest absolute Gasteiger partial charge is 0.126 e. The molecule has 0 bridgehead atoms. The average Bonchev–Trinajstić information content (AvgIpc) is 3.78. The molecule has 0 amide bonds. The Balaban J connectivity index is 1.20. The van der Waals surface area contributed by atoms with E-state index in [2.05, 4.69) is 201 Å². The van der Waals surface area contributed by atoms with Crippen LogP contribution in [0.4, 0.5) is 8.78 Å². The molecule has 68 heavy (non-hydrogen) atoms. The third kappa shape index (κ3) is 7.05. The van der Waals surface area contributed by atoms with Gasteiger partial charge >= 0.3 is 0 Å². The summed E-state index contributed by atoms with van der Waals surface area (Å²) in [4.78, 5) is 10.4. The average molecular weight is 897 g/mol. The normalized spacial score (nSPS) is 13.1. The molecule has 0 atom stereocenters. The minimum Gasteiger partial charge on any atom is -0.309 e. The van der Waals surface area contributed by atoms with Crippen molar-refractivity contribution in [2.24, 2.45) is 0 Å². The molecule has 3 aromatic heterocycles. The highest BCUT2D eigenvalue weighted by atomic mass is 19.1. The van der Waals surface area contributed by atoms with Crippen LogP contribution in [0.15, 0.2) is 134 Å². The fourth-order valence-electron chi connectivity index (χ4n) is 10.3. The van der Waals surface area contributed by atoms with Crippen molar-refractivity contribution in [1.82, 2.24) is 19.1 Å². The van der Waals surface area contributed by atoms with Gasteiger partial charge in [-0.1, -0.05) is 119 Å². The lowest BCUT2D eigenvalue weighted by Crippen LogP contribution is -2.10. The molecular weight excluding hydrogens is 839 g/mol. The van der Waals surface area contributed by atoms with E-state index in [-0.39, 0.29) is 21.7 Å². The molecule has 3 heterocycles. The number of hydrogen-bond acceptors (Lipinski definition) is 2. The van der Waals surface area contributed by atoms with E-state index in [1.807, 2.05) is 0 Å². The lowest BCUT2D eigenvalue weighted by atomic mass is 9.85. The number of nitrogens with zero attached hydrogens (tertiary/aromatic N) is 4. The maximum Gasteiger partial charge on any atom is 0.126 e. The molecule has 0 radical (unpaired) electrons. The topological polar surface area (TPSA) is 35.6 Å². The maximum absolute atomic E-state index is 14.8. The van der Waals surface area contributed by atoms with Crippen molar-refractivity contribution in [2.45, 2.75) is 105 Å². The van der Waals surface area contributed by atoms with E-state index in [1.54, 1.807) is 6.20 Å². The molecule has 4 nitrogen and oxygen atoms in total. The largest absolute Gasteiger partial charge is 0.309 e. The highest BCUT2D eigenvalue weighted by Gasteiger charge is 2.25. The Bertz CT molecular complexity index is 3750. The van der Waals surface area contributed by atoms with Crippen molar-refractivity contribution < 1.29 is 8.78 Å². The third-order valence-electron chi connectivity index (χ3n) is 14.2. The van der Waals surface area contributed by atoms with Crippen molar-refractivity contribution >= 4 is 76.2 Å². The number of aromatic nitrogens is 4. The van der Waals surface area contributed by atoms with Crippen LogP contribution in [0.3, 0.4) is 0 Å². The lowest BCUT2D eigenvalue weighted by molar-refractivity contribution is 0.584.